The minimum atomic E-state index is -0.676. The fraction of sp³-hybridized carbons (Fsp3) is 0.250. The van der Waals surface area contributed by atoms with Crippen LogP contribution < -0.4 is 0 Å². The minimum absolute atomic E-state index is 0.280. The summed E-state index contributed by atoms with van der Waals surface area (Å²) in [5.74, 6) is 0.545. The molecule has 6 nitrogen and oxygen atoms in total. The molecule has 0 aliphatic heterocycles. The van der Waals surface area contributed by atoms with Crippen LogP contribution in [0.25, 0.3) is 11.5 Å². The number of tetrazole rings is 1. The average Bonchev–Trinajstić information content (AvgIpc) is 2.95. The van der Waals surface area contributed by atoms with Crippen molar-refractivity contribution in [2.24, 2.45) is 0 Å². The zero-order chi connectivity index (χ0) is 15.5. The maximum Gasteiger partial charge on any atom is 0.200 e. The summed E-state index contributed by atoms with van der Waals surface area (Å²) >= 11 is 0. The highest BCUT2D eigenvalue weighted by atomic mass is 16.3. The Hall–Kier alpha value is -2.60. The molecule has 2 heterocycles. The van der Waals surface area contributed by atoms with E-state index in [0.29, 0.717) is 11.5 Å². The Balaban J connectivity index is 1.86. The van der Waals surface area contributed by atoms with E-state index in [1.54, 1.807) is 10.9 Å². The highest BCUT2D eigenvalue weighted by molar-refractivity contribution is 5.47. The van der Waals surface area contributed by atoms with Gasteiger partial charge in [-0.1, -0.05) is 35.4 Å². The van der Waals surface area contributed by atoms with E-state index >= 15 is 0 Å². The van der Waals surface area contributed by atoms with Gasteiger partial charge in [0, 0.05) is 6.20 Å². The lowest BCUT2D eigenvalue weighted by Gasteiger charge is -2.13. The molecule has 3 aromatic rings. The van der Waals surface area contributed by atoms with Crippen LogP contribution in [0.2, 0.25) is 0 Å². The smallest absolute Gasteiger partial charge is 0.200 e. The standard InChI is InChI=1S/C16H17N5O/c1-11-7-12(2)9-13(8-11)15(22)10-21-16(18-19-20-21)14-5-3-4-6-17-14/h3-9,15,22H,10H2,1-2H3. The van der Waals surface area contributed by atoms with Crippen LogP contribution in [0.3, 0.4) is 0 Å². The Bertz CT molecular complexity index is 749. The third-order valence-corrected chi connectivity index (χ3v) is 3.40. The summed E-state index contributed by atoms with van der Waals surface area (Å²) in [6, 6.07) is 11.6. The first kappa shape index (κ1) is 14.3. The van der Waals surface area contributed by atoms with E-state index in [9.17, 15) is 5.11 Å². The van der Waals surface area contributed by atoms with Crippen LogP contribution in [0.4, 0.5) is 0 Å². The summed E-state index contributed by atoms with van der Waals surface area (Å²) in [5.41, 5.74) is 3.78. The largest absolute Gasteiger partial charge is 0.386 e. The third-order valence-electron chi connectivity index (χ3n) is 3.40. The average molecular weight is 295 g/mol. The van der Waals surface area contributed by atoms with Gasteiger partial charge in [0.2, 0.25) is 5.82 Å². The predicted molar refractivity (Wildman–Crippen MR) is 81.9 cm³/mol. The Morgan fingerprint density at radius 2 is 1.91 bits per heavy atom. The Labute approximate surface area is 128 Å². The summed E-state index contributed by atoms with van der Waals surface area (Å²) in [5, 5.41) is 22.1. The van der Waals surface area contributed by atoms with E-state index < -0.39 is 6.10 Å². The van der Waals surface area contributed by atoms with Crippen LogP contribution in [0, 0.1) is 13.8 Å². The number of aliphatic hydroxyl groups excluding tert-OH is 1. The highest BCUT2D eigenvalue weighted by Gasteiger charge is 2.15. The molecule has 2 aromatic heterocycles. The molecule has 0 aliphatic carbocycles. The number of aromatic nitrogens is 5. The molecule has 1 unspecified atom stereocenters. The van der Waals surface area contributed by atoms with Crippen molar-refractivity contribution in [1.82, 2.24) is 25.2 Å². The van der Waals surface area contributed by atoms with E-state index in [4.69, 9.17) is 0 Å². The van der Waals surface area contributed by atoms with Crippen molar-refractivity contribution in [3.63, 3.8) is 0 Å². The molecule has 0 aliphatic rings. The van der Waals surface area contributed by atoms with Crippen LogP contribution in [0.5, 0.6) is 0 Å². The summed E-state index contributed by atoms with van der Waals surface area (Å²) < 4.78 is 1.57. The molecule has 1 aromatic carbocycles. The molecule has 0 bridgehead atoms. The van der Waals surface area contributed by atoms with Crippen molar-refractivity contribution in [2.45, 2.75) is 26.5 Å². The van der Waals surface area contributed by atoms with Gasteiger partial charge in [-0.05, 0) is 42.0 Å². The Morgan fingerprint density at radius 3 is 2.59 bits per heavy atom. The maximum absolute atomic E-state index is 10.5. The van der Waals surface area contributed by atoms with E-state index in [2.05, 4.69) is 26.6 Å². The lowest BCUT2D eigenvalue weighted by atomic mass is 10.0. The van der Waals surface area contributed by atoms with Crippen molar-refractivity contribution in [3.05, 3.63) is 59.3 Å². The number of aliphatic hydroxyl groups is 1. The number of hydrogen-bond acceptors (Lipinski definition) is 5. The quantitative estimate of drug-likeness (QED) is 0.797. The minimum Gasteiger partial charge on any atom is -0.386 e. The van der Waals surface area contributed by atoms with Gasteiger partial charge in [-0.3, -0.25) is 4.98 Å². The van der Waals surface area contributed by atoms with Crippen LogP contribution >= 0.6 is 0 Å². The van der Waals surface area contributed by atoms with Gasteiger partial charge in [-0.15, -0.1) is 5.10 Å². The molecular formula is C16H17N5O. The summed E-state index contributed by atoms with van der Waals surface area (Å²) in [4.78, 5) is 4.25. The number of aryl methyl sites for hydroxylation is 2. The molecule has 0 radical (unpaired) electrons. The molecule has 0 saturated heterocycles. The molecule has 1 N–H and O–H groups in total. The number of benzene rings is 1. The molecule has 112 valence electrons. The zero-order valence-corrected chi connectivity index (χ0v) is 12.5. The number of pyridine rings is 1. The van der Waals surface area contributed by atoms with Gasteiger partial charge in [0.25, 0.3) is 0 Å². The van der Waals surface area contributed by atoms with Crippen LogP contribution in [0.1, 0.15) is 22.8 Å². The van der Waals surface area contributed by atoms with Gasteiger partial charge in [0.15, 0.2) is 0 Å². The second-order valence-electron chi connectivity index (χ2n) is 5.34. The monoisotopic (exact) mass is 295 g/mol. The Kier molecular flexibility index (Phi) is 3.93. The molecular weight excluding hydrogens is 278 g/mol. The van der Waals surface area contributed by atoms with Crippen molar-refractivity contribution < 1.29 is 5.11 Å². The topological polar surface area (TPSA) is 76.7 Å². The summed E-state index contributed by atoms with van der Waals surface area (Å²) in [7, 11) is 0. The van der Waals surface area contributed by atoms with E-state index in [0.717, 1.165) is 16.7 Å². The van der Waals surface area contributed by atoms with Crippen LogP contribution in [-0.4, -0.2) is 30.3 Å². The second-order valence-corrected chi connectivity index (χ2v) is 5.34. The molecule has 0 fully saturated rings. The number of nitrogens with zero attached hydrogens (tertiary/aromatic N) is 5. The van der Waals surface area contributed by atoms with Crippen LogP contribution in [-0.2, 0) is 6.54 Å². The van der Waals surface area contributed by atoms with E-state index in [-0.39, 0.29) is 6.54 Å². The predicted octanol–water partition coefficient (Wildman–Crippen LogP) is 2.09. The fourth-order valence-corrected chi connectivity index (χ4v) is 2.48. The second kappa shape index (κ2) is 6.03. The van der Waals surface area contributed by atoms with Crippen molar-refractivity contribution >= 4 is 0 Å². The molecule has 22 heavy (non-hydrogen) atoms. The fourth-order valence-electron chi connectivity index (χ4n) is 2.48. The van der Waals surface area contributed by atoms with E-state index in [1.165, 1.54) is 0 Å². The molecule has 0 spiro atoms. The van der Waals surface area contributed by atoms with Gasteiger partial charge < -0.3 is 5.11 Å². The first-order chi connectivity index (χ1) is 10.6. The summed E-state index contributed by atoms with van der Waals surface area (Å²) in [6.45, 7) is 4.31. The van der Waals surface area contributed by atoms with Gasteiger partial charge in [0.05, 0.1) is 12.6 Å². The van der Waals surface area contributed by atoms with Crippen molar-refractivity contribution in [1.29, 1.82) is 0 Å². The summed E-state index contributed by atoms with van der Waals surface area (Å²) in [6.07, 6.45) is 1.01. The van der Waals surface area contributed by atoms with Crippen molar-refractivity contribution in [3.8, 4) is 11.5 Å². The first-order valence-electron chi connectivity index (χ1n) is 7.07. The van der Waals surface area contributed by atoms with Crippen LogP contribution in [0.15, 0.2) is 42.6 Å². The molecule has 3 rings (SSSR count). The number of rotatable bonds is 4. The van der Waals surface area contributed by atoms with Gasteiger partial charge >= 0.3 is 0 Å². The third kappa shape index (κ3) is 3.01. The Morgan fingerprint density at radius 1 is 1.14 bits per heavy atom. The molecule has 0 amide bonds. The highest BCUT2D eigenvalue weighted by Crippen LogP contribution is 2.20. The SMILES string of the molecule is Cc1cc(C)cc(C(O)Cn2nnnc2-c2ccccn2)c1. The molecule has 6 heteroatoms. The van der Waals surface area contributed by atoms with Gasteiger partial charge in [-0.2, -0.15) is 0 Å². The number of hydrogen-bond donors (Lipinski definition) is 1. The molecule has 1 atom stereocenters. The lowest BCUT2D eigenvalue weighted by molar-refractivity contribution is 0.151. The van der Waals surface area contributed by atoms with Crippen molar-refractivity contribution in [2.75, 3.05) is 0 Å². The molecule has 0 saturated carbocycles. The lowest BCUT2D eigenvalue weighted by Crippen LogP contribution is -2.12. The van der Waals surface area contributed by atoms with E-state index in [1.807, 2.05) is 44.2 Å². The first-order valence-corrected chi connectivity index (χ1v) is 7.07. The zero-order valence-electron chi connectivity index (χ0n) is 12.5. The normalized spacial score (nSPS) is 12.3. The van der Waals surface area contributed by atoms with Gasteiger partial charge in [-0.25, -0.2) is 4.68 Å². The van der Waals surface area contributed by atoms with Gasteiger partial charge in [0.1, 0.15) is 5.69 Å². The maximum atomic E-state index is 10.5.